The average Bonchev–Trinajstić information content (AvgIpc) is 2.69. The molecule has 0 saturated heterocycles. The fraction of sp³-hybridized carbons (Fsp3) is 0.923. The van der Waals surface area contributed by atoms with Gasteiger partial charge in [0.1, 0.15) is 0 Å². The summed E-state index contributed by atoms with van der Waals surface area (Å²) in [6.45, 7) is 9.82. The lowest BCUT2D eigenvalue weighted by Crippen LogP contribution is -2.42. The van der Waals surface area contributed by atoms with Gasteiger partial charge >= 0.3 is 0 Å². The SMILES string of the molecule is CC(C)CCCC[C@H]1CCCC2CC=C3CC(O)CC[C@@]3(C)C2CC[C@@H]1C. The molecule has 0 amide bonds. The minimum atomic E-state index is -0.0775. The first-order valence-corrected chi connectivity index (χ1v) is 12.3. The van der Waals surface area contributed by atoms with Gasteiger partial charge in [-0.2, -0.15) is 0 Å². The van der Waals surface area contributed by atoms with Crippen molar-refractivity contribution in [2.75, 3.05) is 0 Å². The summed E-state index contributed by atoms with van der Waals surface area (Å²) in [6.07, 6.45) is 19.9. The van der Waals surface area contributed by atoms with E-state index in [0.717, 1.165) is 42.4 Å². The number of unbranched alkanes of at least 4 members (excludes halogenated alkanes) is 1. The quantitative estimate of drug-likeness (QED) is 0.389. The van der Waals surface area contributed by atoms with Crippen molar-refractivity contribution in [2.45, 2.75) is 117 Å². The molecule has 156 valence electrons. The fourth-order valence-corrected chi connectivity index (χ4v) is 6.80. The summed E-state index contributed by atoms with van der Waals surface area (Å²) in [7, 11) is 0. The molecule has 0 spiro atoms. The Morgan fingerprint density at radius 2 is 1.93 bits per heavy atom. The van der Waals surface area contributed by atoms with E-state index in [1.54, 1.807) is 5.57 Å². The molecule has 27 heavy (non-hydrogen) atoms. The van der Waals surface area contributed by atoms with Gasteiger partial charge in [-0.05, 0) is 73.5 Å². The topological polar surface area (TPSA) is 20.2 Å². The third kappa shape index (κ3) is 5.20. The maximum atomic E-state index is 10.2. The molecule has 3 rings (SSSR count). The third-order valence-corrected chi connectivity index (χ3v) is 8.73. The lowest BCUT2D eigenvalue weighted by Gasteiger charge is -2.50. The zero-order valence-corrected chi connectivity index (χ0v) is 18.7. The molecule has 1 heteroatoms. The van der Waals surface area contributed by atoms with E-state index >= 15 is 0 Å². The van der Waals surface area contributed by atoms with Crippen molar-refractivity contribution >= 4 is 0 Å². The number of aliphatic hydroxyl groups excluding tert-OH is 1. The predicted molar refractivity (Wildman–Crippen MR) is 117 cm³/mol. The van der Waals surface area contributed by atoms with Crippen LogP contribution < -0.4 is 0 Å². The number of allylic oxidation sites excluding steroid dienone is 1. The van der Waals surface area contributed by atoms with Crippen LogP contribution in [0.2, 0.25) is 0 Å². The van der Waals surface area contributed by atoms with E-state index < -0.39 is 0 Å². The molecule has 3 aliphatic rings. The second-order valence-electron chi connectivity index (χ2n) is 11.1. The molecule has 1 nitrogen and oxygen atoms in total. The number of rotatable bonds is 5. The lowest BCUT2D eigenvalue weighted by molar-refractivity contribution is 0.0429. The van der Waals surface area contributed by atoms with Crippen LogP contribution in [0.3, 0.4) is 0 Å². The van der Waals surface area contributed by atoms with Crippen LogP contribution in [0.25, 0.3) is 0 Å². The van der Waals surface area contributed by atoms with Gasteiger partial charge in [0.25, 0.3) is 0 Å². The summed E-state index contributed by atoms with van der Waals surface area (Å²) in [5.41, 5.74) is 2.00. The first-order chi connectivity index (χ1) is 12.9. The van der Waals surface area contributed by atoms with Crippen LogP contribution in [0.15, 0.2) is 11.6 Å². The van der Waals surface area contributed by atoms with Crippen molar-refractivity contribution in [3.8, 4) is 0 Å². The molecule has 0 heterocycles. The monoisotopic (exact) mass is 374 g/mol. The van der Waals surface area contributed by atoms with Crippen molar-refractivity contribution in [1.29, 1.82) is 0 Å². The van der Waals surface area contributed by atoms with E-state index in [4.69, 9.17) is 0 Å². The van der Waals surface area contributed by atoms with Gasteiger partial charge in [0.05, 0.1) is 6.10 Å². The highest BCUT2D eigenvalue weighted by atomic mass is 16.3. The summed E-state index contributed by atoms with van der Waals surface area (Å²) in [5, 5.41) is 10.2. The second kappa shape index (κ2) is 9.47. The van der Waals surface area contributed by atoms with Crippen molar-refractivity contribution < 1.29 is 5.11 Å². The first kappa shape index (κ1) is 21.4. The molecule has 0 aromatic heterocycles. The van der Waals surface area contributed by atoms with E-state index in [-0.39, 0.29) is 6.10 Å². The van der Waals surface area contributed by atoms with E-state index in [2.05, 4.69) is 33.8 Å². The number of aliphatic hydroxyl groups is 1. The zero-order chi connectivity index (χ0) is 19.4. The maximum absolute atomic E-state index is 10.2. The molecule has 0 bridgehead atoms. The molecule has 0 aromatic rings. The smallest absolute Gasteiger partial charge is 0.0577 e. The minimum absolute atomic E-state index is 0.0775. The van der Waals surface area contributed by atoms with E-state index in [9.17, 15) is 5.11 Å². The Morgan fingerprint density at radius 1 is 1.11 bits per heavy atom. The molecule has 1 N–H and O–H groups in total. The Kier molecular flexibility index (Phi) is 7.51. The van der Waals surface area contributed by atoms with Crippen LogP contribution in [0.1, 0.15) is 111 Å². The molecule has 0 radical (unpaired) electrons. The number of hydrogen-bond acceptors (Lipinski definition) is 1. The van der Waals surface area contributed by atoms with E-state index in [0.29, 0.717) is 5.41 Å². The maximum Gasteiger partial charge on any atom is 0.0577 e. The Labute approximate surface area is 169 Å². The Hall–Kier alpha value is -0.300. The number of fused-ring (bicyclic) bond motifs is 3. The van der Waals surface area contributed by atoms with Gasteiger partial charge in [-0.25, -0.2) is 0 Å². The van der Waals surface area contributed by atoms with Crippen molar-refractivity contribution in [3.05, 3.63) is 11.6 Å². The molecular weight excluding hydrogens is 328 g/mol. The summed E-state index contributed by atoms with van der Waals surface area (Å²) in [5.74, 6) is 4.50. The van der Waals surface area contributed by atoms with Crippen LogP contribution in [0.5, 0.6) is 0 Å². The molecule has 6 atom stereocenters. The van der Waals surface area contributed by atoms with Gasteiger partial charge in [-0.3, -0.25) is 0 Å². The van der Waals surface area contributed by atoms with Gasteiger partial charge in [0.15, 0.2) is 0 Å². The van der Waals surface area contributed by atoms with Crippen molar-refractivity contribution in [2.24, 2.45) is 35.0 Å². The third-order valence-electron chi connectivity index (χ3n) is 8.73. The standard InChI is InChI=1S/C26H46O/c1-19(2)8-5-6-9-21-10-7-11-22-13-14-23-18-24(27)16-17-26(23,4)25(22)15-12-20(21)3/h14,19-22,24-25,27H,5-13,15-18H2,1-4H3/t20-,21-,22?,24?,25?,26+/m0/s1. The van der Waals surface area contributed by atoms with Gasteiger partial charge in [0.2, 0.25) is 0 Å². The van der Waals surface area contributed by atoms with Gasteiger partial charge in [-0.1, -0.05) is 84.3 Å². The van der Waals surface area contributed by atoms with E-state index in [1.165, 1.54) is 70.6 Å². The van der Waals surface area contributed by atoms with Crippen LogP contribution in [0, 0.1) is 35.0 Å². The molecule has 3 aliphatic carbocycles. The highest BCUT2D eigenvalue weighted by molar-refractivity contribution is 5.23. The molecule has 3 unspecified atom stereocenters. The first-order valence-electron chi connectivity index (χ1n) is 12.3. The summed E-state index contributed by atoms with van der Waals surface area (Å²) in [6, 6.07) is 0. The molecule has 0 aromatic carbocycles. The minimum Gasteiger partial charge on any atom is -0.393 e. The van der Waals surface area contributed by atoms with Crippen LogP contribution >= 0.6 is 0 Å². The average molecular weight is 375 g/mol. The lowest BCUT2D eigenvalue weighted by atomic mass is 9.55. The molecule has 2 saturated carbocycles. The second-order valence-corrected chi connectivity index (χ2v) is 11.1. The van der Waals surface area contributed by atoms with Crippen molar-refractivity contribution in [1.82, 2.24) is 0 Å². The zero-order valence-electron chi connectivity index (χ0n) is 18.7. The Balaban J connectivity index is 1.61. The molecule has 0 aliphatic heterocycles. The van der Waals surface area contributed by atoms with Gasteiger partial charge in [-0.15, -0.1) is 0 Å². The van der Waals surface area contributed by atoms with Crippen LogP contribution in [0.4, 0.5) is 0 Å². The van der Waals surface area contributed by atoms with Crippen LogP contribution in [-0.4, -0.2) is 11.2 Å². The summed E-state index contributed by atoms with van der Waals surface area (Å²) >= 11 is 0. The highest BCUT2D eigenvalue weighted by Crippen LogP contribution is 2.56. The Bertz CT molecular complexity index is 492. The molecular formula is C26H46O. The predicted octanol–water partition coefficient (Wildman–Crippen LogP) is 7.53. The summed E-state index contributed by atoms with van der Waals surface area (Å²) < 4.78 is 0. The van der Waals surface area contributed by atoms with Crippen LogP contribution in [-0.2, 0) is 0 Å². The van der Waals surface area contributed by atoms with E-state index in [1.807, 2.05) is 0 Å². The molecule has 2 fully saturated rings. The normalized spacial score (nSPS) is 40.4. The number of hydrogen-bond donors (Lipinski definition) is 1. The van der Waals surface area contributed by atoms with Gasteiger partial charge in [0, 0.05) is 0 Å². The van der Waals surface area contributed by atoms with Gasteiger partial charge < -0.3 is 5.11 Å². The summed E-state index contributed by atoms with van der Waals surface area (Å²) in [4.78, 5) is 0. The largest absolute Gasteiger partial charge is 0.393 e. The highest BCUT2D eigenvalue weighted by Gasteiger charge is 2.46. The fourth-order valence-electron chi connectivity index (χ4n) is 6.80. The Morgan fingerprint density at radius 3 is 2.70 bits per heavy atom. The van der Waals surface area contributed by atoms with Crippen molar-refractivity contribution in [3.63, 3.8) is 0 Å².